The first-order chi connectivity index (χ1) is 13.0. The number of anilines is 1. The minimum absolute atomic E-state index is 0.558. The van der Waals surface area contributed by atoms with Gasteiger partial charge in [0.05, 0.1) is 17.4 Å². The molecule has 8 nitrogen and oxygen atoms in total. The standard InChI is InChI=1S/C15H16N4.C4H4O4/c1-2-11-18(14-7-9-16-10-8-14)19-12-13-5-3-4-6-15(13)17-19;5-3(6)1-2-4(7)8/h3-10,12H,2,11H2,1H3;1-2H,(H,5,6)(H,7,8)/b;2-1-. The van der Waals surface area contributed by atoms with Gasteiger partial charge in [-0.05, 0) is 24.6 Å². The summed E-state index contributed by atoms with van der Waals surface area (Å²) in [4.78, 5) is 25.1. The highest BCUT2D eigenvalue weighted by atomic mass is 16.4. The van der Waals surface area contributed by atoms with Crippen LogP contribution in [0, 0.1) is 0 Å². The summed E-state index contributed by atoms with van der Waals surface area (Å²) in [6.07, 6.45) is 7.84. The second-order valence-electron chi connectivity index (χ2n) is 5.45. The van der Waals surface area contributed by atoms with E-state index in [1.807, 2.05) is 35.1 Å². The summed E-state index contributed by atoms with van der Waals surface area (Å²) in [5.41, 5.74) is 2.11. The van der Waals surface area contributed by atoms with Gasteiger partial charge in [0.25, 0.3) is 0 Å². The van der Waals surface area contributed by atoms with Crippen molar-refractivity contribution < 1.29 is 19.8 Å². The smallest absolute Gasteiger partial charge is 0.328 e. The highest BCUT2D eigenvalue weighted by Crippen LogP contribution is 2.17. The lowest BCUT2D eigenvalue weighted by Crippen LogP contribution is -2.30. The molecule has 0 saturated heterocycles. The van der Waals surface area contributed by atoms with E-state index in [9.17, 15) is 9.59 Å². The Balaban J connectivity index is 0.000000279. The van der Waals surface area contributed by atoms with Crippen LogP contribution in [0.1, 0.15) is 13.3 Å². The molecule has 1 aromatic carbocycles. The number of hydrogen-bond acceptors (Lipinski definition) is 5. The zero-order valence-corrected chi connectivity index (χ0v) is 14.8. The van der Waals surface area contributed by atoms with Crippen molar-refractivity contribution in [2.45, 2.75) is 13.3 Å². The van der Waals surface area contributed by atoms with Crippen molar-refractivity contribution in [3.63, 3.8) is 0 Å². The van der Waals surface area contributed by atoms with E-state index in [1.54, 1.807) is 12.4 Å². The molecule has 27 heavy (non-hydrogen) atoms. The maximum atomic E-state index is 9.55. The average molecular weight is 368 g/mol. The first kappa shape index (κ1) is 19.6. The number of benzene rings is 1. The molecule has 0 radical (unpaired) electrons. The number of aromatic nitrogens is 3. The van der Waals surface area contributed by atoms with Crippen LogP contribution in [0.2, 0.25) is 0 Å². The minimum atomic E-state index is -1.26. The Bertz CT molecular complexity index is 873. The van der Waals surface area contributed by atoms with E-state index in [1.165, 1.54) is 0 Å². The Morgan fingerprint density at radius 1 is 1.07 bits per heavy atom. The molecule has 3 rings (SSSR count). The maximum Gasteiger partial charge on any atom is 0.328 e. The van der Waals surface area contributed by atoms with Crippen molar-refractivity contribution in [2.75, 3.05) is 11.6 Å². The van der Waals surface area contributed by atoms with Crippen LogP contribution in [-0.4, -0.2) is 43.6 Å². The second kappa shape index (κ2) is 9.71. The van der Waals surface area contributed by atoms with E-state index in [-0.39, 0.29) is 0 Å². The highest BCUT2D eigenvalue weighted by molar-refractivity contribution is 5.89. The summed E-state index contributed by atoms with van der Waals surface area (Å²) >= 11 is 0. The lowest BCUT2D eigenvalue weighted by atomic mass is 10.3. The largest absolute Gasteiger partial charge is 0.478 e. The number of rotatable bonds is 6. The predicted molar refractivity (Wildman–Crippen MR) is 101 cm³/mol. The van der Waals surface area contributed by atoms with Gasteiger partial charge in [-0.1, -0.05) is 25.1 Å². The monoisotopic (exact) mass is 368 g/mol. The fourth-order valence-electron chi connectivity index (χ4n) is 2.30. The van der Waals surface area contributed by atoms with Crippen molar-refractivity contribution in [1.29, 1.82) is 0 Å². The molecule has 0 amide bonds. The lowest BCUT2D eigenvalue weighted by Gasteiger charge is -2.23. The predicted octanol–water partition coefficient (Wildman–Crippen LogP) is 2.82. The average Bonchev–Trinajstić information content (AvgIpc) is 3.09. The van der Waals surface area contributed by atoms with E-state index >= 15 is 0 Å². The highest BCUT2D eigenvalue weighted by Gasteiger charge is 2.09. The van der Waals surface area contributed by atoms with Gasteiger partial charge in [0.15, 0.2) is 0 Å². The van der Waals surface area contributed by atoms with Crippen LogP contribution in [0.25, 0.3) is 10.9 Å². The van der Waals surface area contributed by atoms with Crippen molar-refractivity contribution in [1.82, 2.24) is 14.9 Å². The number of carboxylic acid groups (broad SMARTS) is 2. The number of carbonyl (C=O) groups is 2. The molecule has 0 aliphatic carbocycles. The second-order valence-corrected chi connectivity index (χ2v) is 5.45. The molecule has 0 saturated carbocycles. The van der Waals surface area contributed by atoms with Crippen LogP contribution in [0.3, 0.4) is 0 Å². The van der Waals surface area contributed by atoms with Crippen molar-refractivity contribution in [2.24, 2.45) is 0 Å². The van der Waals surface area contributed by atoms with Gasteiger partial charge in [0, 0.05) is 36.5 Å². The Labute approximate surface area is 156 Å². The number of fused-ring (bicyclic) bond motifs is 1. The Kier molecular flexibility index (Phi) is 7.07. The molecule has 0 spiro atoms. The van der Waals surface area contributed by atoms with Gasteiger partial charge in [-0.25, -0.2) is 9.59 Å². The quantitative estimate of drug-likeness (QED) is 0.644. The third-order valence-corrected chi connectivity index (χ3v) is 3.41. The molecule has 0 atom stereocenters. The van der Waals surface area contributed by atoms with Gasteiger partial charge >= 0.3 is 11.9 Å². The molecule has 140 valence electrons. The number of aliphatic carboxylic acids is 2. The van der Waals surface area contributed by atoms with E-state index in [0.717, 1.165) is 29.6 Å². The zero-order valence-electron chi connectivity index (χ0n) is 14.8. The first-order valence-corrected chi connectivity index (χ1v) is 8.27. The minimum Gasteiger partial charge on any atom is -0.478 e. The summed E-state index contributed by atoms with van der Waals surface area (Å²) in [6.45, 7) is 3.08. The zero-order chi connectivity index (χ0) is 19.6. The number of hydrogen-bond donors (Lipinski definition) is 2. The van der Waals surface area contributed by atoms with Gasteiger partial charge in [-0.3, -0.25) is 9.99 Å². The van der Waals surface area contributed by atoms with Crippen molar-refractivity contribution in [3.8, 4) is 0 Å². The van der Waals surface area contributed by atoms with Gasteiger partial charge in [-0.15, -0.1) is 0 Å². The summed E-state index contributed by atoms with van der Waals surface area (Å²) in [5, 5.41) is 23.6. The summed E-state index contributed by atoms with van der Waals surface area (Å²) in [5.74, 6) is -2.51. The molecule has 2 aromatic heterocycles. The van der Waals surface area contributed by atoms with Crippen LogP contribution < -0.4 is 5.01 Å². The molecule has 2 heterocycles. The third kappa shape index (κ3) is 5.96. The summed E-state index contributed by atoms with van der Waals surface area (Å²) in [7, 11) is 0. The molecule has 0 unspecified atom stereocenters. The van der Waals surface area contributed by atoms with E-state index in [0.29, 0.717) is 12.2 Å². The number of nitrogens with zero attached hydrogens (tertiary/aromatic N) is 4. The van der Waals surface area contributed by atoms with E-state index < -0.39 is 11.9 Å². The van der Waals surface area contributed by atoms with E-state index in [2.05, 4.69) is 34.3 Å². The van der Waals surface area contributed by atoms with Crippen LogP contribution >= 0.6 is 0 Å². The van der Waals surface area contributed by atoms with Crippen LogP contribution in [-0.2, 0) is 9.59 Å². The summed E-state index contributed by atoms with van der Waals surface area (Å²) in [6, 6.07) is 12.2. The van der Waals surface area contributed by atoms with Gasteiger partial charge < -0.3 is 10.2 Å². The molecule has 2 N–H and O–H groups in total. The van der Waals surface area contributed by atoms with Gasteiger partial charge in [0.2, 0.25) is 0 Å². The SMILES string of the molecule is CCCN(c1ccncc1)n1cc2ccccc2n1.O=C(O)/C=C\C(=O)O. The van der Waals surface area contributed by atoms with Crippen molar-refractivity contribution >= 4 is 28.5 Å². The molecule has 0 aliphatic heterocycles. The van der Waals surface area contributed by atoms with Crippen LogP contribution in [0.4, 0.5) is 5.69 Å². The molecular formula is C19H20N4O4. The molecule has 3 aromatic rings. The maximum absolute atomic E-state index is 9.55. The van der Waals surface area contributed by atoms with Crippen molar-refractivity contribution in [3.05, 3.63) is 67.1 Å². The van der Waals surface area contributed by atoms with Crippen LogP contribution in [0.15, 0.2) is 67.1 Å². The fourth-order valence-corrected chi connectivity index (χ4v) is 2.30. The number of pyridine rings is 1. The first-order valence-electron chi connectivity index (χ1n) is 8.27. The normalized spacial score (nSPS) is 10.4. The number of carboxylic acids is 2. The molecule has 0 fully saturated rings. The topological polar surface area (TPSA) is 109 Å². The van der Waals surface area contributed by atoms with E-state index in [4.69, 9.17) is 10.2 Å². The molecule has 0 bridgehead atoms. The Morgan fingerprint density at radius 3 is 2.26 bits per heavy atom. The van der Waals surface area contributed by atoms with Gasteiger partial charge in [-0.2, -0.15) is 9.89 Å². The molecule has 8 heteroatoms. The summed E-state index contributed by atoms with van der Waals surface area (Å²) < 4.78 is 0. The third-order valence-electron chi connectivity index (χ3n) is 3.41. The Hall–Kier alpha value is -3.68. The molecular weight excluding hydrogens is 348 g/mol. The lowest BCUT2D eigenvalue weighted by molar-refractivity contribution is -0.134. The van der Waals surface area contributed by atoms with Crippen LogP contribution in [0.5, 0.6) is 0 Å². The molecule has 0 aliphatic rings. The van der Waals surface area contributed by atoms with Gasteiger partial charge in [0.1, 0.15) is 0 Å². The Morgan fingerprint density at radius 2 is 1.70 bits per heavy atom. The fraction of sp³-hybridized carbons (Fsp3) is 0.158.